The van der Waals surface area contributed by atoms with Crippen LogP contribution >= 0.6 is 35.1 Å². The summed E-state index contributed by atoms with van der Waals surface area (Å²) >= 11 is 13.9. The Morgan fingerprint density at radius 2 is 1.82 bits per heavy atom. The summed E-state index contributed by atoms with van der Waals surface area (Å²) < 4.78 is 14.9. The Bertz CT molecular complexity index is 1460. The lowest BCUT2D eigenvalue weighted by atomic mass is 10.1. The number of carbonyl (C=O) groups excluding carboxylic acids is 1. The number of nitrogens with one attached hydrogen (secondary N) is 1. The minimum atomic E-state index is -0.592. The monoisotopic (exact) mass is 599 g/mol. The van der Waals surface area contributed by atoms with E-state index in [1.165, 1.54) is 11.9 Å². The van der Waals surface area contributed by atoms with Gasteiger partial charge in [-0.1, -0.05) is 23.2 Å². The molecule has 3 heterocycles. The van der Waals surface area contributed by atoms with E-state index in [0.29, 0.717) is 21.9 Å². The van der Waals surface area contributed by atoms with Crippen LogP contribution in [0.4, 0.5) is 11.5 Å². The van der Waals surface area contributed by atoms with E-state index in [1.54, 1.807) is 6.07 Å². The summed E-state index contributed by atoms with van der Waals surface area (Å²) in [6.07, 6.45) is 3.88. The summed E-state index contributed by atoms with van der Waals surface area (Å²) in [6, 6.07) is 17.6. The van der Waals surface area contributed by atoms with Crippen molar-refractivity contribution in [3.63, 3.8) is 0 Å². The SMILES string of the molecule is CC(C)(C)OC(=O)CN(Sc1cc(Cl)cc(Cl)c1)c1ccc2c(ccn2-c2ccc(NC3CCOCC3)nn2)c1. The number of carbonyl (C=O) groups is 1. The first kappa shape index (κ1) is 28.5. The topological polar surface area (TPSA) is 81.5 Å². The molecule has 210 valence electrons. The first-order valence-electron chi connectivity index (χ1n) is 13.1. The number of halogens is 2. The minimum Gasteiger partial charge on any atom is -0.459 e. The summed E-state index contributed by atoms with van der Waals surface area (Å²) in [5.74, 6) is 1.13. The van der Waals surface area contributed by atoms with E-state index in [9.17, 15) is 4.79 Å². The molecule has 4 aromatic rings. The van der Waals surface area contributed by atoms with E-state index in [1.807, 2.05) is 84.4 Å². The Morgan fingerprint density at radius 3 is 2.50 bits per heavy atom. The predicted octanol–water partition coefficient (Wildman–Crippen LogP) is 7.17. The quantitative estimate of drug-likeness (QED) is 0.168. The Hall–Kier alpha value is -2.98. The van der Waals surface area contributed by atoms with Crippen LogP contribution in [-0.2, 0) is 14.3 Å². The average Bonchev–Trinajstić information content (AvgIpc) is 3.31. The lowest BCUT2D eigenvalue weighted by Crippen LogP contribution is -2.31. The molecule has 2 aromatic carbocycles. The number of nitrogens with zero attached hydrogens (tertiary/aromatic N) is 4. The Balaban J connectivity index is 1.39. The molecule has 0 atom stereocenters. The summed E-state index contributed by atoms with van der Waals surface area (Å²) in [6.45, 7) is 7.12. The van der Waals surface area contributed by atoms with Crippen molar-refractivity contribution in [1.29, 1.82) is 0 Å². The molecule has 1 fully saturated rings. The molecule has 2 aromatic heterocycles. The van der Waals surface area contributed by atoms with Crippen LogP contribution in [0.3, 0.4) is 0 Å². The molecule has 5 rings (SSSR count). The Kier molecular flexibility index (Phi) is 8.75. The summed E-state index contributed by atoms with van der Waals surface area (Å²) in [4.78, 5) is 13.6. The Labute approximate surface area is 248 Å². The lowest BCUT2D eigenvalue weighted by molar-refractivity contribution is -0.152. The summed E-state index contributed by atoms with van der Waals surface area (Å²) in [7, 11) is 0. The van der Waals surface area contributed by atoms with E-state index in [0.717, 1.165) is 53.4 Å². The van der Waals surface area contributed by atoms with Crippen molar-refractivity contribution >= 4 is 63.5 Å². The fraction of sp³-hybridized carbons (Fsp3) is 0.345. The van der Waals surface area contributed by atoms with E-state index in [2.05, 4.69) is 15.5 Å². The smallest absolute Gasteiger partial charge is 0.327 e. The van der Waals surface area contributed by atoms with Crippen LogP contribution in [0, 0.1) is 0 Å². The van der Waals surface area contributed by atoms with Crippen LogP contribution in [0.2, 0.25) is 10.0 Å². The molecular formula is C29H31Cl2N5O3S. The van der Waals surface area contributed by atoms with Gasteiger partial charge in [-0.25, -0.2) is 0 Å². The fourth-order valence-electron chi connectivity index (χ4n) is 4.44. The maximum absolute atomic E-state index is 12.8. The zero-order valence-corrected chi connectivity index (χ0v) is 24.9. The van der Waals surface area contributed by atoms with Gasteiger partial charge < -0.3 is 19.1 Å². The number of rotatable bonds is 8. The van der Waals surface area contributed by atoms with Crippen LogP contribution in [0.15, 0.2) is 65.7 Å². The van der Waals surface area contributed by atoms with Crippen LogP contribution in [0.1, 0.15) is 33.6 Å². The molecule has 0 saturated carbocycles. The summed E-state index contributed by atoms with van der Waals surface area (Å²) in [5.41, 5.74) is 1.21. The van der Waals surface area contributed by atoms with Gasteiger partial charge in [0.15, 0.2) is 5.82 Å². The van der Waals surface area contributed by atoms with Gasteiger partial charge in [-0.05, 0) is 100 Å². The van der Waals surface area contributed by atoms with Crippen LogP contribution in [0.5, 0.6) is 0 Å². The van der Waals surface area contributed by atoms with Crippen molar-refractivity contribution in [2.75, 3.05) is 29.4 Å². The maximum Gasteiger partial charge on any atom is 0.327 e. The standard InChI is InChI=1S/C29H31Cl2N5O3S/c1-29(2,3)39-28(37)18-36(40-24-16-20(30)15-21(31)17-24)23-4-5-25-19(14-23)8-11-35(25)27-7-6-26(33-34-27)32-22-9-12-38-13-10-22/h4-8,11,14-17,22H,9-10,12-13,18H2,1-3H3,(H,32,33). The maximum atomic E-state index is 12.8. The van der Waals surface area contributed by atoms with Crippen molar-refractivity contribution in [1.82, 2.24) is 14.8 Å². The van der Waals surface area contributed by atoms with Crippen molar-refractivity contribution in [2.24, 2.45) is 0 Å². The van der Waals surface area contributed by atoms with Crippen LogP contribution < -0.4 is 9.62 Å². The van der Waals surface area contributed by atoms with Crippen LogP contribution in [-0.4, -0.2) is 52.1 Å². The second-order valence-corrected chi connectivity index (χ2v) is 12.5. The normalized spacial score (nSPS) is 14.3. The average molecular weight is 601 g/mol. The lowest BCUT2D eigenvalue weighted by Gasteiger charge is -2.26. The third-order valence-electron chi connectivity index (χ3n) is 6.18. The number of hydrogen-bond acceptors (Lipinski definition) is 8. The van der Waals surface area contributed by atoms with Gasteiger partial charge in [0, 0.05) is 51.5 Å². The van der Waals surface area contributed by atoms with Crippen molar-refractivity contribution < 1.29 is 14.3 Å². The molecule has 11 heteroatoms. The number of esters is 1. The van der Waals surface area contributed by atoms with Crippen molar-refractivity contribution in [3.05, 3.63) is 70.8 Å². The second-order valence-electron chi connectivity index (χ2n) is 10.6. The van der Waals surface area contributed by atoms with Crippen molar-refractivity contribution in [2.45, 2.75) is 50.2 Å². The van der Waals surface area contributed by atoms with Gasteiger partial charge in [0.25, 0.3) is 0 Å². The third-order valence-corrected chi connectivity index (χ3v) is 7.62. The molecule has 0 bridgehead atoms. The zero-order valence-electron chi connectivity index (χ0n) is 22.6. The molecule has 8 nitrogen and oxygen atoms in total. The molecule has 0 amide bonds. The minimum absolute atomic E-state index is 0.0331. The van der Waals surface area contributed by atoms with E-state index < -0.39 is 5.60 Å². The molecular weight excluding hydrogens is 569 g/mol. The molecule has 0 spiro atoms. The number of aromatic nitrogens is 3. The molecule has 0 radical (unpaired) electrons. The molecule has 1 aliphatic heterocycles. The number of benzene rings is 2. The first-order valence-corrected chi connectivity index (χ1v) is 14.6. The van der Waals surface area contributed by atoms with Gasteiger partial charge in [0.05, 0.1) is 5.52 Å². The van der Waals surface area contributed by atoms with Gasteiger partial charge >= 0.3 is 5.97 Å². The van der Waals surface area contributed by atoms with Crippen molar-refractivity contribution in [3.8, 4) is 5.82 Å². The van der Waals surface area contributed by atoms with E-state index in [4.69, 9.17) is 32.7 Å². The molecule has 40 heavy (non-hydrogen) atoms. The number of hydrogen-bond donors (Lipinski definition) is 1. The van der Waals surface area contributed by atoms with Gasteiger partial charge in [0.2, 0.25) is 0 Å². The molecule has 1 saturated heterocycles. The number of fused-ring (bicyclic) bond motifs is 1. The highest BCUT2D eigenvalue weighted by atomic mass is 35.5. The van der Waals surface area contributed by atoms with E-state index >= 15 is 0 Å². The van der Waals surface area contributed by atoms with Gasteiger partial charge in [0.1, 0.15) is 18.0 Å². The largest absolute Gasteiger partial charge is 0.459 e. The third kappa shape index (κ3) is 7.40. The highest BCUT2D eigenvalue weighted by Gasteiger charge is 2.21. The highest BCUT2D eigenvalue weighted by Crippen LogP contribution is 2.34. The van der Waals surface area contributed by atoms with Gasteiger partial charge in [-0.3, -0.25) is 9.36 Å². The second kappa shape index (κ2) is 12.3. The molecule has 1 aliphatic rings. The molecule has 0 unspecified atom stereocenters. The first-order chi connectivity index (χ1) is 19.1. The molecule has 1 N–H and O–H groups in total. The zero-order chi connectivity index (χ0) is 28.3. The van der Waals surface area contributed by atoms with Gasteiger partial charge in [-0.2, -0.15) is 0 Å². The number of ether oxygens (including phenoxy) is 2. The Morgan fingerprint density at radius 1 is 1.07 bits per heavy atom. The number of anilines is 2. The highest BCUT2D eigenvalue weighted by molar-refractivity contribution is 8.00. The summed E-state index contributed by atoms with van der Waals surface area (Å²) in [5, 5.41) is 14.3. The predicted molar refractivity (Wildman–Crippen MR) is 162 cm³/mol. The van der Waals surface area contributed by atoms with Crippen LogP contribution in [0.25, 0.3) is 16.7 Å². The van der Waals surface area contributed by atoms with Gasteiger partial charge in [-0.15, -0.1) is 10.2 Å². The van der Waals surface area contributed by atoms with E-state index in [-0.39, 0.29) is 12.5 Å². The fourth-order valence-corrected chi connectivity index (χ4v) is 6.10. The molecule has 0 aliphatic carbocycles.